The maximum Gasteiger partial charge on any atom is 0.270 e. The van der Waals surface area contributed by atoms with E-state index < -0.39 is 117 Å². The van der Waals surface area contributed by atoms with E-state index in [1.54, 1.807) is 84.9 Å². The van der Waals surface area contributed by atoms with Crippen LogP contribution in [-0.2, 0) is 14.2 Å². The number of non-ortho nitro benzene ring substituents is 1. The predicted octanol–water partition coefficient (Wildman–Crippen LogP) is 2.77. The maximum atomic E-state index is 12.3. The number of hydrogen-bond donors (Lipinski definition) is 14. The standard InChI is InChI=1S/C62H59N5O20/c68-25-44-51(71)54(74)57(77)60(85-44)82-33-10-4-28(5-11-33)47-36-16-18-38(63-36)48(29-6-12-34(13-7-29)83-61-58(78)55(75)52(72)45(26-69)86-61)40-20-22-42(65-40)50(31-2-1-3-32(24-31)67(80)81)43-23-21-41(66-43)49(39-19-17-37(47)64-39)30-8-14-35(15-9-30)84-62-59(79)56(76)53(73)46(27-70)87-62/h1-24,44-46,51-62,65-66,68-79H,25-27H2/t44-,45-,46-,51-,52-,53-,54+,55+,56+,57-,58-,59-,60-,61-,62-/m1/s1. The number of rotatable bonds is 14. The molecule has 5 aliphatic rings. The topological polar surface area (TPSA) is 399 Å². The number of nitro groups is 1. The van der Waals surface area contributed by atoms with E-state index in [1.165, 1.54) is 12.1 Å². The smallest absolute Gasteiger partial charge is 0.270 e. The molecule has 0 aliphatic carbocycles. The summed E-state index contributed by atoms with van der Waals surface area (Å²) in [5.74, 6) is 0.593. The number of aromatic amines is 2. The SMILES string of the molecule is O=[N+]([O-])c1cccc(-c2c3ccc([nH]3)c(-c3ccc(O[C@@H]4O[C@H](CO)[C@@H](O)[C@H](O)[C@H]4O)cc3)c3nc(c(-c4ccc(O[C@@H]5O[C@H](CO)[C@@H](O)[C@H](O)[C@H]5O)cc4)c4nc(c(-c5ccc(O[C@@H]6O[C@H](CO)[C@@H](O)[C@H](O)[C@H]6O)cc5)c5ccc2[nH]5)C=C4)C=C3)c1. The molecule has 25 nitrogen and oxygen atoms in total. The number of benzene rings is 4. The molecule has 8 heterocycles. The minimum absolute atomic E-state index is 0.160. The molecule has 14 N–H and O–H groups in total. The highest BCUT2D eigenvalue weighted by molar-refractivity contribution is 6.00. The molecule has 0 unspecified atom stereocenters. The van der Waals surface area contributed by atoms with E-state index in [0.29, 0.717) is 89.4 Å². The van der Waals surface area contributed by atoms with Gasteiger partial charge in [0.2, 0.25) is 18.9 Å². The number of ether oxygens (including phenoxy) is 6. The van der Waals surface area contributed by atoms with Gasteiger partial charge in [0.1, 0.15) is 90.5 Å². The highest BCUT2D eigenvalue weighted by Crippen LogP contribution is 2.41. The number of aliphatic hydroxyl groups is 12. The van der Waals surface area contributed by atoms with Gasteiger partial charge in [0.25, 0.3) is 5.69 Å². The quantitative estimate of drug-likeness (QED) is 0.0550. The van der Waals surface area contributed by atoms with Gasteiger partial charge in [0.05, 0.1) is 47.5 Å². The molecule has 0 amide bonds. The Morgan fingerprint density at radius 2 is 0.724 bits per heavy atom. The zero-order valence-corrected chi connectivity index (χ0v) is 45.6. The lowest BCUT2D eigenvalue weighted by Gasteiger charge is -2.39. The summed E-state index contributed by atoms with van der Waals surface area (Å²) >= 11 is 0. The van der Waals surface area contributed by atoms with Crippen molar-refractivity contribution >= 4 is 52.1 Å². The van der Waals surface area contributed by atoms with Crippen molar-refractivity contribution in [2.75, 3.05) is 19.8 Å². The first kappa shape index (κ1) is 59.0. The number of H-pyrrole nitrogens is 2. The molecule has 87 heavy (non-hydrogen) atoms. The van der Waals surface area contributed by atoms with Crippen LogP contribution in [0.15, 0.2) is 121 Å². The van der Waals surface area contributed by atoms with Crippen LogP contribution in [0.3, 0.4) is 0 Å². The third kappa shape index (κ3) is 11.4. The van der Waals surface area contributed by atoms with Crippen molar-refractivity contribution in [3.05, 3.63) is 154 Å². The van der Waals surface area contributed by atoms with Gasteiger partial charge in [-0.15, -0.1) is 0 Å². The second kappa shape index (κ2) is 24.4. The van der Waals surface area contributed by atoms with Crippen molar-refractivity contribution in [2.24, 2.45) is 0 Å². The van der Waals surface area contributed by atoms with Gasteiger partial charge in [-0.2, -0.15) is 0 Å². The summed E-state index contributed by atoms with van der Waals surface area (Å²) in [5, 5.41) is 137. The zero-order valence-electron chi connectivity index (χ0n) is 45.6. The molecule has 8 bridgehead atoms. The van der Waals surface area contributed by atoms with Crippen molar-refractivity contribution in [1.29, 1.82) is 0 Å². The Kier molecular flexibility index (Phi) is 16.6. The summed E-state index contributed by atoms with van der Waals surface area (Å²) in [4.78, 5) is 29.6. The molecule has 4 aromatic carbocycles. The normalized spacial score (nSPS) is 27.9. The second-order valence-electron chi connectivity index (χ2n) is 21.3. The molecule has 3 aromatic heterocycles. The lowest BCUT2D eigenvalue weighted by molar-refractivity contribution is -0.384. The fraction of sp³-hybridized carbons (Fsp3) is 0.290. The van der Waals surface area contributed by atoms with Crippen molar-refractivity contribution in [3.63, 3.8) is 0 Å². The Labute approximate surface area is 492 Å². The Morgan fingerprint density at radius 1 is 0.402 bits per heavy atom. The molecule has 0 saturated carbocycles. The van der Waals surface area contributed by atoms with Crippen LogP contribution in [0.5, 0.6) is 17.2 Å². The molecule has 15 atom stereocenters. The largest absolute Gasteiger partial charge is 0.462 e. The van der Waals surface area contributed by atoms with Crippen LogP contribution < -0.4 is 14.2 Å². The van der Waals surface area contributed by atoms with E-state index in [2.05, 4.69) is 9.97 Å². The van der Waals surface area contributed by atoms with E-state index in [9.17, 15) is 71.4 Å². The molecule has 452 valence electrons. The summed E-state index contributed by atoms with van der Waals surface area (Å²) < 4.78 is 34.7. The van der Waals surface area contributed by atoms with Crippen molar-refractivity contribution in [3.8, 4) is 61.8 Å². The highest BCUT2D eigenvalue weighted by atomic mass is 16.7. The van der Waals surface area contributed by atoms with Crippen molar-refractivity contribution < 1.29 is 94.6 Å². The van der Waals surface area contributed by atoms with Gasteiger partial charge in [-0.1, -0.05) is 48.5 Å². The van der Waals surface area contributed by atoms with Gasteiger partial charge >= 0.3 is 0 Å². The number of hydrogen-bond acceptors (Lipinski definition) is 22. The first-order chi connectivity index (χ1) is 42.0. The Morgan fingerprint density at radius 3 is 1.06 bits per heavy atom. The van der Waals surface area contributed by atoms with Crippen molar-refractivity contribution in [2.45, 2.75) is 92.1 Å². The lowest BCUT2D eigenvalue weighted by atomic mass is 9.99. The van der Waals surface area contributed by atoms with Gasteiger partial charge < -0.3 is 99.7 Å². The summed E-state index contributed by atoms with van der Waals surface area (Å²) in [5.41, 5.74) is 8.25. The summed E-state index contributed by atoms with van der Waals surface area (Å²) in [6.07, 6.45) is -15.6. The number of aliphatic hydroxyl groups excluding tert-OH is 12. The van der Waals surface area contributed by atoms with Gasteiger partial charge in [-0.05, 0) is 107 Å². The first-order valence-corrected chi connectivity index (χ1v) is 27.6. The number of nitro benzene ring substituents is 1. The van der Waals surface area contributed by atoms with Gasteiger partial charge in [-0.25, -0.2) is 9.97 Å². The second-order valence-corrected chi connectivity index (χ2v) is 21.3. The van der Waals surface area contributed by atoms with Crippen LogP contribution >= 0.6 is 0 Å². The van der Waals surface area contributed by atoms with Gasteiger partial charge in [-0.3, -0.25) is 10.1 Å². The zero-order chi connectivity index (χ0) is 60.9. The third-order valence-corrected chi connectivity index (χ3v) is 15.8. The molecule has 3 fully saturated rings. The molecular formula is C62H59N5O20. The van der Waals surface area contributed by atoms with E-state index in [-0.39, 0.29) is 22.9 Å². The predicted molar refractivity (Wildman–Crippen MR) is 310 cm³/mol. The molecule has 12 rings (SSSR count). The van der Waals surface area contributed by atoms with Crippen LogP contribution in [0.4, 0.5) is 5.69 Å². The molecular weight excluding hydrogens is 1130 g/mol. The van der Waals surface area contributed by atoms with E-state index in [4.69, 9.17) is 38.4 Å². The Bertz CT molecular complexity index is 3730. The van der Waals surface area contributed by atoms with E-state index in [1.807, 2.05) is 48.6 Å². The fourth-order valence-electron chi connectivity index (χ4n) is 11.2. The average Bonchev–Trinajstić information content (AvgIpc) is 2.39. The molecule has 0 radical (unpaired) electrons. The lowest BCUT2D eigenvalue weighted by Crippen LogP contribution is -2.60. The number of nitrogens with one attached hydrogen (secondary N) is 2. The molecule has 7 aromatic rings. The minimum Gasteiger partial charge on any atom is -0.462 e. The van der Waals surface area contributed by atoms with E-state index in [0.717, 1.165) is 0 Å². The maximum absolute atomic E-state index is 12.3. The minimum atomic E-state index is -1.68. The summed E-state index contributed by atoms with van der Waals surface area (Å²) in [6.45, 7) is -1.96. The van der Waals surface area contributed by atoms with Crippen LogP contribution in [0, 0.1) is 10.1 Å². The highest BCUT2D eigenvalue weighted by Gasteiger charge is 2.47. The van der Waals surface area contributed by atoms with Crippen LogP contribution in [-0.4, -0.2) is 198 Å². The summed E-state index contributed by atoms with van der Waals surface area (Å²) in [7, 11) is 0. The van der Waals surface area contributed by atoms with E-state index >= 15 is 0 Å². The molecule has 25 heteroatoms. The monoisotopic (exact) mass is 1190 g/mol. The molecule has 5 aliphatic heterocycles. The Hall–Kier alpha value is -8.32. The Balaban J connectivity index is 1.04. The van der Waals surface area contributed by atoms with Crippen LogP contribution in [0.25, 0.3) is 90.9 Å². The van der Waals surface area contributed by atoms with Gasteiger partial charge in [0, 0.05) is 56.5 Å². The van der Waals surface area contributed by atoms with Crippen LogP contribution in [0.2, 0.25) is 0 Å². The number of nitrogens with zero attached hydrogens (tertiary/aromatic N) is 3. The first-order valence-electron chi connectivity index (χ1n) is 27.6. The fourth-order valence-corrected chi connectivity index (χ4v) is 11.2. The number of fused-ring (bicyclic) bond motifs is 8. The average molecular weight is 1190 g/mol. The summed E-state index contributed by atoms with van der Waals surface area (Å²) in [6, 6.07) is 33.6. The number of aromatic nitrogens is 4. The molecule has 0 spiro atoms. The van der Waals surface area contributed by atoms with Crippen LogP contribution in [0.1, 0.15) is 22.8 Å². The van der Waals surface area contributed by atoms with Gasteiger partial charge in [0.15, 0.2) is 0 Å². The van der Waals surface area contributed by atoms with Crippen molar-refractivity contribution in [1.82, 2.24) is 19.9 Å². The molecule has 3 saturated heterocycles. The third-order valence-electron chi connectivity index (χ3n) is 15.8.